The van der Waals surface area contributed by atoms with Crippen LogP contribution in [0.5, 0.6) is 0 Å². The fourth-order valence-electron chi connectivity index (χ4n) is 2.77. The summed E-state index contributed by atoms with van der Waals surface area (Å²) in [4.78, 5) is 0. The van der Waals surface area contributed by atoms with Crippen LogP contribution in [0.3, 0.4) is 0 Å². The van der Waals surface area contributed by atoms with E-state index in [9.17, 15) is 0 Å². The van der Waals surface area contributed by atoms with Gasteiger partial charge in [-0.05, 0) is 18.9 Å². The third-order valence-electron chi connectivity index (χ3n) is 3.85. The average Bonchev–Trinajstić information content (AvgIpc) is 2.72. The number of hydrogen-bond donors (Lipinski definition) is 1. The molecule has 0 radical (unpaired) electrons. The molecule has 2 aliphatic rings. The van der Waals surface area contributed by atoms with Gasteiger partial charge < -0.3 is 0 Å². The molecule has 18 heavy (non-hydrogen) atoms. The molecule has 0 atom stereocenters. The third kappa shape index (κ3) is 2.07. The number of nitrogens with zero attached hydrogens (tertiary/aromatic N) is 2. The molecule has 0 spiro atoms. The van der Waals surface area contributed by atoms with E-state index in [-0.39, 0.29) is 5.41 Å². The van der Waals surface area contributed by atoms with Crippen molar-refractivity contribution in [3.05, 3.63) is 10.4 Å². The lowest BCUT2D eigenvalue weighted by molar-refractivity contribution is 0.308. The first kappa shape index (κ1) is 12.8. The summed E-state index contributed by atoms with van der Waals surface area (Å²) in [5, 5.41) is 1.75. The van der Waals surface area contributed by atoms with E-state index in [2.05, 4.69) is 11.3 Å². The highest BCUT2D eigenvalue weighted by Gasteiger charge is 2.38. The number of amidine groups is 1. The Morgan fingerprint density at radius 1 is 1.39 bits per heavy atom. The van der Waals surface area contributed by atoms with E-state index in [4.69, 9.17) is 17.4 Å². The first-order chi connectivity index (χ1) is 8.60. The van der Waals surface area contributed by atoms with Crippen LogP contribution in [-0.4, -0.2) is 5.84 Å². The largest absolute Gasteiger partial charge is 0.263 e. The second kappa shape index (κ2) is 4.71. The summed E-state index contributed by atoms with van der Waals surface area (Å²) in [6, 6.07) is 1.94. The van der Waals surface area contributed by atoms with E-state index in [0.717, 1.165) is 20.1 Å². The Balaban J connectivity index is 1.92. The van der Waals surface area contributed by atoms with Gasteiger partial charge in [-0.2, -0.15) is 4.40 Å². The fraction of sp³-hybridized carbons (Fsp3) is 0.583. The maximum atomic E-state index is 6.26. The monoisotopic (exact) mass is 301 g/mol. The molecular formula is C12H16ClN3S2. The summed E-state index contributed by atoms with van der Waals surface area (Å²) in [6.45, 7) is 2.28. The van der Waals surface area contributed by atoms with Crippen molar-refractivity contribution >= 4 is 46.4 Å². The molecule has 0 bridgehead atoms. The molecule has 0 saturated heterocycles. The summed E-state index contributed by atoms with van der Waals surface area (Å²) in [5.41, 5.74) is 1.12. The molecule has 3 nitrogen and oxygen atoms in total. The van der Waals surface area contributed by atoms with Crippen LogP contribution in [0.25, 0.3) is 0 Å². The van der Waals surface area contributed by atoms with E-state index in [1.54, 1.807) is 16.3 Å². The molecule has 1 aromatic heterocycles. The van der Waals surface area contributed by atoms with Gasteiger partial charge in [0.15, 0.2) is 0 Å². The molecule has 3 rings (SSSR count). The number of halogens is 1. The Bertz CT molecular complexity index is 492. The average molecular weight is 302 g/mol. The minimum atomic E-state index is 0.117. The highest BCUT2D eigenvalue weighted by Crippen LogP contribution is 2.47. The minimum absolute atomic E-state index is 0.117. The van der Waals surface area contributed by atoms with Gasteiger partial charge in [0, 0.05) is 17.4 Å². The second-order valence-electron chi connectivity index (χ2n) is 5.22. The number of anilines is 1. The SMILES string of the molecule is CC1(C2=NSc3sc(Cl)cc3N2N)CCCCC1. The normalized spacial score (nSPS) is 22.6. The molecule has 2 heterocycles. The van der Waals surface area contributed by atoms with Crippen LogP contribution in [-0.2, 0) is 0 Å². The summed E-state index contributed by atoms with van der Waals surface area (Å²) >= 11 is 9.11. The van der Waals surface area contributed by atoms with E-state index in [0.29, 0.717) is 0 Å². The van der Waals surface area contributed by atoms with Gasteiger partial charge >= 0.3 is 0 Å². The van der Waals surface area contributed by atoms with Gasteiger partial charge in [0.2, 0.25) is 0 Å². The Morgan fingerprint density at radius 2 is 2.11 bits per heavy atom. The lowest BCUT2D eigenvalue weighted by atomic mass is 9.74. The Kier molecular flexibility index (Phi) is 3.34. The molecule has 1 aliphatic heterocycles. The molecule has 1 aromatic rings. The standard InChI is InChI=1S/C12H16ClN3S2/c1-12(5-3-2-4-6-12)11-15-18-10-8(16(11)14)7-9(13)17-10/h7H,2-6,14H2,1H3. The lowest BCUT2D eigenvalue weighted by Crippen LogP contribution is -2.48. The predicted octanol–water partition coefficient (Wildman–Crippen LogP) is 4.47. The quantitative estimate of drug-likeness (QED) is 0.614. The molecule has 98 valence electrons. The van der Waals surface area contributed by atoms with Crippen molar-refractivity contribution in [2.24, 2.45) is 15.7 Å². The van der Waals surface area contributed by atoms with Gasteiger partial charge in [-0.15, -0.1) is 11.3 Å². The van der Waals surface area contributed by atoms with E-state index in [1.165, 1.54) is 44.1 Å². The van der Waals surface area contributed by atoms with Crippen LogP contribution in [0.15, 0.2) is 14.7 Å². The van der Waals surface area contributed by atoms with E-state index < -0.39 is 0 Å². The predicted molar refractivity (Wildman–Crippen MR) is 80.5 cm³/mol. The van der Waals surface area contributed by atoms with Crippen LogP contribution >= 0.6 is 34.9 Å². The summed E-state index contributed by atoms with van der Waals surface area (Å²) < 4.78 is 6.51. The number of hydrogen-bond acceptors (Lipinski definition) is 5. The van der Waals surface area contributed by atoms with Crippen molar-refractivity contribution < 1.29 is 0 Å². The van der Waals surface area contributed by atoms with Crippen LogP contribution in [0, 0.1) is 5.41 Å². The molecule has 1 aliphatic carbocycles. The first-order valence-corrected chi connectivity index (χ1v) is 8.17. The van der Waals surface area contributed by atoms with Gasteiger partial charge in [0.25, 0.3) is 0 Å². The van der Waals surface area contributed by atoms with Gasteiger partial charge in [-0.25, -0.2) is 5.84 Å². The zero-order valence-electron chi connectivity index (χ0n) is 10.3. The maximum absolute atomic E-state index is 6.26. The van der Waals surface area contributed by atoms with Crippen LogP contribution in [0.2, 0.25) is 4.34 Å². The van der Waals surface area contributed by atoms with Gasteiger partial charge in [-0.3, -0.25) is 5.01 Å². The van der Waals surface area contributed by atoms with E-state index >= 15 is 0 Å². The zero-order valence-corrected chi connectivity index (χ0v) is 12.7. The molecular weight excluding hydrogens is 286 g/mol. The lowest BCUT2D eigenvalue weighted by Gasteiger charge is -2.39. The Labute approximate surface area is 121 Å². The van der Waals surface area contributed by atoms with Crippen LogP contribution in [0.1, 0.15) is 39.0 Å². The molecule has 6 heteroatoms. The fourth-order valence-corrected chi connectivity index (χ4v) is 5.11. The minimum Gasteiger partial charge on any atom is -0.263 e. The van der Waals surface area contributed by atoms with Gasteiger partial charge in [-0.1, -0.05) is 37.8 Å². The number of hydrazine groups is 1. The van der Waals surface area contributed by atoms with Crippen LogP contribution < -0.4 is 10.9 Å². The second-order valence-corrected chi connectivity index (χ2v) is 7.94. The van der Waals surface area contributed by atoms with Crippen molar-refractivity contribution in [1.82, 2.24) is 0 Å². The maximum Gasteiger partial charge on any atom is 0.138 e. The van der Waals surface area contributed by atoms with Crippen molar-refractivity contribution in [1.29, 1.82) is 0 Å². The Hall–Kier alpha value is -0.230. The van der Waals surface area contributed by atoms with Crippen molar-refractivity contribution in [3.8, 4) is 0 Å². The molecule has 2 N–H and O–H groups in total. The highest BCUT2D eigenvalue weighted by atomic mass is 35.5. The van der Waals surface area contributed by atoms with Crippen molar-refractivity contribution in [2.45, 2.75) is 43.2 Å². The third-order valence-corrected chi connectivity index (χ3v) is 6.01. The van der Waals surface area contributed by atoms with Gasteiger partial charge in [0.1, 0.15) is 10.0 Å². The van der Waals surface area contributed by atoms with Gasteiger partial charge in [0.05, 0.1) is 10.0 Å². The number of thiophene rings is 1. The van der Waals surface area contributed by atoms with Crippen LogP contribution in [0.4, 0.5) is 5.69 Å². The Morgan fingerprint density at radius 3 is 2.83 bits per heavy atom. The summed E-state index contributed by atoms with van der Waals surface area (Å²) in [7, 11) is 0. The van der Waals surface area contributed by atoms with Crippen molar-refractivity contribution in [3.63, 3.8) is 0 Å². The molecule has 0 amide bonds. The summed E-state index contributed by atoms with van der Waals surface area (Å²) in [5.74, 6) is 7.27. The number of rotatable bonds is 1. The topological polar surface area (TPSA) is 41.6 Å². The molecule has 0 unspecified atom stereocenters. The smallest absolute Gasteiger partial charge is 0.138 e. The van der Waals surface area contributed by atoms with E-state index in [1.807, 2.05) is 6.07 Å². The zero-order chi connectivity index (χ0) is 12.8. The van der Waals surface area contributed by atoms with Crippen molar-refractivity contribution in [2.75, 3.05) is 5.01 Å². The summed E-state index contributed by atoms with van der Waals surface area (Å²) in [6.07, 6.45) is 6.22. The number of fused-ring (bicyclic) bond motifs is 1. The number of nitrogens with two attached hydrogens (primary N) is 1. The first-order valence-electron chi connectivity index (χ1n) is 6.20. The highest BCUT2D eigenvalue weighted by molar-refractivity contribution is 8.00. The molecule has 1 fully saturated rings. The molecule has 0 aromatic carbocycles. The molecule has 1 saturated carbocycles.